The predicted molar refractivity (Wildman–Crippen MR) is 76.7 cm³/mol. The highest BCUT2D eigenvalue weighted by atomic mass is 79.9. The number of hydrogen-bond donors (Lipinski definition) is 1. The van der Waals surface area contributed by atoms with E-state index in [-0.39, 0.29) is 0 Å². The zero-order chi connectivity index (χ0) is 12.7. The second kappa shape index (κ2) is 7.69. The van der Waals surface area contributed by atoms with E-state index in [9.17, 15) is 0 Å². The second-order valence-electron chi connectivity index (χ2n) is 3.93. The van der Waals surface area contributed by atoms with Gasteiger partial charge in [0.05, 0.1) is 6.61 Å². The lowest BCUT2D eigenvalue weighted by molar-refractivity contribution is 0.154. The van der Waals surface area contributed by atoms with Crippen LogP contribution in [0.2, 0.25) is 0 Å². The van der Waals surface area contributed by atoms with Gasteiger partial charge in [-0.1, -0.05) is 15.9 Å². The van der Waals surface area contributed by atoms with E-state index >= 15 is 0 Å². The predicted octanol–water partition coefficient (Wildman–Crippen LogP) is 2.42. The summed E-state index contributed by atoms with van der Waals surface area (Å²) in [6, 6.07) is 6.33. The van der Waals surface area contributed by atoms with Gasteiger partial charge in [-0.25, -0.2) is 0 Å². The first-order chi connectivity index (χ1) is 8.19. The minimum Gasteiger partial charge on any atom is -0.380 e. The number of likely N-dealkylation sites (N-methyl/N-ethyl adjacent to an activating group) is 1. The number of nitrogens with zero attached hydrogens (tertiary/aromatic N) is 1. The molecule has 0 unspecified atom stereocenters. The molecule has 0 bridgehead atoms. The summed E-state index contributed by atoms with van der Waals surface area (Å²) in [5, 5.41) is 0. The molecule has 0 aliphatic carbocycles. The molecule has 0 saturated heterocycles. The average molecular weight is 301 g/mol. The van der Waals surface area contributed by atoms with Crippen LogP contribution in [-0.4, -0.2) is 33.4 Å². The SMILES string of the molecule is CCOCCN(C)c1ccc(Br)cc1CCN. The topological polar surface area (TPSA) is 38.5 Å². The summed E-state index contributed by atoms with van der Waals surface area (Å²) >= 11 is 3.50. The molecule has 4 heteroatoms. The first kappa shape index (κ1) is 14.5. The second-order valence-corrected chi connectivity index (χ2v) is 4.85. The van der Waals surface area contributed by atoms with E-state index in [1.165, 1.54) is 11.3 Å². The minimum absolute atomic E-state index is 0.669. The first-order valence-electron chi connectivity index (χ1n) is 5.96. The molecule has 0 fully saturated rings. The van der Waals surface area contributed by atoms with Crippen LogP contribution < -0.4 is 10.6 Å². The molecule has 0 aliphatic rings. The molecule has 3 nitrogen and oxygen atoms in total. The molecule has 0 saturated carbocycles. The zero-order valence-corrected chi connectivity index (χ0v) is 12.2. The van der Waals surface area contributed by atoms with Crippen molar-refractivity contribution in [3.8, 4) is 0 Å². The third-order valence-electron chi connectivity index (χ3n) is 2.64. The molecule has 0 atom stereocenters. The summed E-state index contributed by atoms with van der Waals surface area (Å²) in [5.41, 5.74) is 8.16. The van der Waals surface area contributed by atoms with Crippen molar-refractivity contribution in [2.45, 2.75) is 13.3 Å². The Bertz CT molecular complexity index is 344. The minimum atomic E-state index is 0.669. The number of rotatable bonds is 7. The van der Waals surface area contributed by atoms with Crippen LogP contribution in [0.5, 0.6) is 0 Å². The molecule has 1 rings (SSSR count). The maximum Gasteiger partial charge on any atom is 0.0641 e. The van der Waals surface area contributed by atoms with Gasteiger partial charge in [-0.15, -0.1) is 0 Å². The van der Waals surface area contributed by atoms with Crippen molar-refractivity contribution in [2.24, 2.45) is 5.73 Å². The fourth-order valence-corrected chi connectivity index (χ4v) is 2.16. The maximum absolute atomic E-state index is 5.64. The van der Waals surface area contributed by atoms with Gasteiger partial charge < -0.3 is 15.4 Å². The third kappa shape index (κ3) is 4.66. The van der Waals surface area contributed by atoms with Crippen molar-refractivity contribution in [3.63, 3.8) is 0 Å². The van der Waals surface area contributed by atoms with Gasteiger partial charge in [0.2, 0.25) is 0 Å². The van der Waals surface area contributed by atoms with Crippen molar-refractivity contribution in [3.05, 3.63) is 28.2 Å². The number of benzene rings is 1. The highest BCUT2D eigenvalue weighted by Gasteiger charge is 2.07. The number of nitrogens with two attached hydrogens (primary N) is 1. The van der Waals surface area contributed by atoms with Gasteiger partial charge in [0.1, 0.15) is 0 Å². The van der Waals surface area contributed by atoms with Crippen molar-refractivity contribution in [2.75, 3.05) is 38.3 Å². The number of anilines is 1. The summed E-state index contributed by atoms with van der Waals surface area (Å²) in [7, 11) is 2.09. The van der Waals surface area contributed by atoms with E-state index in [4.69, 9.17) is 10.5 Å². The van der Waals surface area contributed by atoms with Crippen LogP contribution in [0.4, 0.5) is 5.69 Å². The van der Waals surface area contributed by atoms with Crippen LogP contribution in [0.25, 0.3) is 0 Å². The lowest BCUT2D eigenvalue weighted by Crippen LogP contribution is -2.24. The largest absolute Gasteiger partial charge is 0.380 e. The van der Waals surface area contributed by atoms with Crippen LogP contribution in [0.15, 0.2) is 22.7 Å². The fourth-order valence-electron chi connectivity index (χ4n) is 1.75. The van der Waals surface area contributed by atoms with Gasteiger partial charge in [0.15, 0.2) is 0 Å². The van der Waals surface area contributed by atoms with E-state index in [2.05, 4.69) is 46.1 Å². The highest BCUT2D eigenvalue weighted by Crippen LogP contribution is 2.24. The van der Waals surface area contributed by atoms with Gasteiger partial charge in [-0.05, 0) is 43.7 Å². The smallest absolute Gasteiger partial charge is 0.0641 e. The normalized spacial score (nSPS) is 10.6. The summed E-state index contributed by atoms with van der Waals surface area (Å²) in [6.07, 6.45) is 0.897. The van der Waals surface area contributed by atoms with Crippen molar-refractivity contribution in [1.29, 1.82) is 0 Å². The molecule has 0 spiro atoms. The monoisotopic (exact) mass is 300 g/mol. The van der Waals surface area contributed by atoms with E-state index in [0.29, 0.717) is 6.54 Å². The van der Waals surface area contributed by atoms with E-state index < -0.39 is 0 Å². The average Bonchev–Trinajstić information content (AvgIpc) is 2.30. The number of ether oxygens (including phenoxy) is 1. The Hall–Kier alpha value is -0.580. The van der Waals surface area contributed by atoms with E-state index in [1.807, 2.05) is 6.92 Å². The Balaban J connectivity index is 2.73. The number of hydrogen-bond acceptors (Lipinski definition) is 3. The van der Waals surface area contributed by atoms with Gasteiger partial charge >= 0.3 is 0 Å². The van der Waals surface area contributed by atoms with Crippen LogP contribution in [0.3, 0.4) is 0 Å². The highest BCUT2D eigenvalue weighted by molar-refractivity contribution is 9.10. The van der Waals surface area contributed by atoms with Crippen LogP contribution in [0.1, 0.15) is 12.5 Å². The third-order valence-corrected chi connectivity index (χ3v) is 3.13. The van der Waals surface area contributed by atoms with Gasteiger partial charge in [-0.2, -0.15) is 0 Å². The molecule has 0 aliphatic heterocycles. The van der Waals surface area contributed by atoms with Crippen molar-refractivity contribution in [1.82, 2.24) is 0 Å². The molecule has 0 aromatic heterocycles. The Labute approximate surface area is 112 Å². The van der Waals surface area contributed by atoms with Gasteiger partial charge in [0, 0.05) is 30.4 Å². The van der Waals surface area contributed by atoms with Crippen molar-refractivity contribution >= 4 is 21.6 Å². The Morgan fingerprint density at radius 2 is 2.18 bits per heavy atom. The van der Waals surface area contributed by atoms with Crippen LogP contribution in [0, 0.1) is 0 Å². The molecule has 0 amide bonds. The molecule has 2 N–H and O–H groups in total. The van der Waals surface area contributed by atoms with E-state index in [1.54, 1.807) is 0 Å². The summed E-state index contributed by atoms with van der Waals surface area (Å²) < 4.78 is 6.47. The van der Waals surface area contributed by atoms with Gasteiger partial charge in [0.25, 0.3) is 0 Å². The molecule has 96 valence electrons. The first-order valence-corrected chi connectivity index (χ1v) is 6.75. The van der Waals surface area contributed by atoms with E-state index in [0.717, 1.165) is 30.7 Å². The van der Waals surface area contributed by atoms with Crippen LogP contribution in [-0.2, 0) is 11.2 Å². The molecule has 17 heavy (non-hydrogen) atoms. The Morgan fingerprint density at radius 3 is 2.82 bits per heavy atom. The molecule has 0 heterocycles. The quantitative estimate of drug-likeness (QED) is 0.786. The number of halogens is 1. The molecule has 0 radical (unpaired) electrons. The molecular weight excluding hydrogens is 280 g/mol. The van der Waals surface area contributed by atoms with Gasteiger partial charge in [-0.3, -0.25) is 0 Å². The summed E-state index contributed by atoms with van der Waals surface area (Å²) in [4.78, 5) is 2.22. The summed E-state index contributed by atoms with van der Waals surface area (Å²) in [6.45, 7) is 5.10. The molecule has 1 aromatic rings. The summed E-state index contributed by atoms with van der Waals surface area (Å²) in [5.74, 6) is 0. The fraction of sp³-hybridized carbons (Fsp3) is 0.538. The Morgan fingerprint density at radius 1 is 1.41 bits per heavy atom. The Kier molecular flexibility index (Phi) is 6.55. The maximum atomic E-state index is 5.64. The molecular formula is C13H21BrN2O. The lowest BCUT2D eigenvalue weighted by Gasteiger charge is -2.22. The molecule has 1 aromatic carbocycles. The zero-order valence-electron chi connectivity index (χ0n) is 10.6. The van der Waals surface area contributed by atoms with Crippen LogP contribution >= 0.6 is 15.9 Å². The standard InChI is InChI=1S/C13H21BrN2O/c1-3-17-9-8-16(2)13-5-4-12(14)10-11(13)6-7-15/h4-5,10H,3,6-9,15H2,1-2H3. The van der Waals surface area contributed by atoms with Crippen molar-refractivity contribution < 1.29 is 4.74 Å². The lowest BCUT2D eigenvalue weighted by atomic mass is 10.1.